The van der Waals surface area contributed by atoms with Crippen LogP contribution >= 0.6 is 0 Å². The Hall–Kier alpha value is -0.850. The number of amides is 1. The van der Waals surface area contributed by atoms with Crippen LogP contribution in [0.15, 0.2) is 0 Å². The van der Waals surface area contributed by atoms with Crippen molar-refractivity contribution in [3.05, 3.63) is 0 Å². The highest BCUT2D eigenvalue weighted by Crippen LogP contribution is 2.28. The van der Waals surface area contributed by atoms with Gasteiger partial charge in [-0.3, -0.25) is 0 Å². The van der Waals surface area contributed by atoms with Crippen LogP contribution in [-0.4, -0.2) is 48.6 Å². The predicted octanol–water partition coefficient (Wildman–Crippen LogP) is 1.14. The third-order valence-corrected chi connectivity index (χ3v) is 4.01. The van der Waals surface area contributed by atoms with E-state index in [9.17, 15) is 4.79 Å². The van der Waals surface area contributed by atoms with Crippen LogP contribution in [0.5, 0.6) is 0 Å². The molecule has 2 aliphatic rings. The Labute approximate surface area is 127 Å². The van der Waals surface area contributed by atoms with Crippen LogP contribution in [0.3, 0.4) is 0 Å². The maximum absolute atomic E-state index is 11.9. The molecule has 0 bridgehead atoms. The van der Waals surface area contributed by atoms with Crippen LogP contribution in [0.4, 0.5) is 4.79 Å². The fourth-order valence-corrected chi connectivity index (χ4v) is 2.89. The van der Waals surface area contributed by atoms with E-state index >= 15 is 0 Å². The molecule has 0 aromatic rings. The summed E-state index contributed by atoms with van der Waals surface area (Å²) in [5.74, 6) is 0. The second kappa shape index (κ2) is 6.50. The van der Waals surface area contributed by atoms with Crippen molar-refractivity contribution in [1.29, 1.82) is 0 Å². The Kier molecular flexibility index (Phi) is 5.11. The minimum Gasteiger partial charge on any atom is -0.444 e. The van der Waals surface area contributed by atoms with Gasteiger partial charge in [-0.15, -0.1) is 0 Å². The number of carbonyl (C=O) groups excluding carboxylic acids is 1. The Balaban J connectivity index is 1.82. The van der Waals surface area contributed by atoms with E-state index in [-0.39, 0.29) is 24.3 Å². The Bertz CT molecular complexity index is 364. The number of nitrogens with two attached hydrogens (primary N) is 1. The number of nitrogens with one attached hydrogen (secondary N) is 2. The topological polar surface area (TPSA) is 85.6 Å². The highest BCUT2D eigenvalue weighted by Gasteiger charge is 2.45. The molecule has 4 N–H and O–H groups in total. The van der Waals surface area contributed by atoms with Gasteiger partial charge in [-0.05, 0) is 47.0 Å². The Morgan fingerprint density at radius 2 is 1.95 bits per heavy atom. The summed E-state index contributed by atoms with van der Waals surface area (Å²) >= 11 is 0. The molecule has 2 rings (SSSR count). The second-order valence-corrected chi connectivity index (χ2v) is 7.10. The number of alkyl carbamates (subject to hydrolysis) is 1. The van der Waals surface area contributed by atoms with Crippen LogP contribution < -0.4 is 16.4 Å². The smallest absolute Gasteiger partial charge is 0.407 e. The first-order valence-corrected chi connectivity index (χ1v) is 7.91. The third kappa shape index (κ3) is 4.56. The van der Waals surface area contributed by atoms with Crippen LogP contribution in [0.25, 0.3) is 0 Å². The summed E-state index contributed by atoms with van der Waals surface area (Å²) in [5.41, 5.74) is 5.35. The highest BCUT2D eigenvalue weighted by atomic mass is 16.6. The van der Waals surface area contributed by atoms with Gasteiger partial charge in [0, 0.05) is 18.7 Å². The lowest BCUT2D eigenvalue weighted by molar-refractivity contribution is -0.0501. The van der Waals surface area contributed by atoms with Gasteiger partial charge in [0.15, 0.2) is 0 Å². The molecule has 6 nitrogen and oxygen atoms in total. The van der Waals surface area contributed by atoms with Gasteiger partial charge < -0.3 is 25.8 Å². The van der Waals surface area contributed by atoms with Crippen molar-refractivity contribution in [2.75, 3.05) is 6.61 Å². The molecular weight excluding hydrogens is 270 g/mol. The van der Waals surface area contributed by atoms with Crippen molar-refractivity contribution >= 4 is 6.09 Å². The second-order valence-electron chi connectivity index (χ2n) is 7.10. The Morgan fingerprint density at radius 1 is 1.29 bits per heavy atom. The molecule has 0 aliphatic heterocycles. The first-order valence-electron chi connectivity index (χ1n) is 7.91. The SMILES string of the molecule is CCOC1CC(NC(=O)OC(C)(C)C)C1NC1CC(N)C1. The number of rotatable bonds is 5. The zero-order chi connectivity index (χ0) is 15.6. The molecule has 2 saturated carbocycles. The maximum atomic E-state index is 11.9. The molecule has 3 atom stereocenters. The molecule has 0 aromatic carbocycles. The van der Waals surface area contributed by atoms with Gasteiger partial charge in [-0.25, -0.2) is 4.79 Å². The van der Waals surface area contributed by atoms with Gasteiger partial charge in [0.05, 0.1) is 18.2 Å². The number of hydrogen-bond donors (Lipinski definition) is 3. The summed E-state index contributed by atoms with van der Waals surface area (Å²) in [7, 11) is 0. The molecular formula is C15H29N3O3. The minimum atomic E-state index is -0.475. The lowest BCUT2D eigenvalue weighted by Crippen LogP contribution is -2.69. The monoisotopic (exact) mass is 299 g/mol. The lowest BCUT2D eigenvalue weighted by atomic mass is 9.79. The van der Waals surface area contributed by atoms with E-state index in [4.69, 9.17) is 15.2 Å². The summed E-state index contributed by atoms with van der Waals surface area (Å²) in [6.07, 6.45) is 2.61. The summed E-state index contributed by atoms with van der Waals surface area (Å²) in [5, 5.41) is 6.50. The molecule has 122 valence electrons. The van der Waals surface area contributed by atoms with Crippen molar-refractivity contribution in [2.24, 2.45) is 5.73 Å². The average molecular weight is 299 g/mol. The van der Waals surface area contributed by atoms with Crippen LogP contribution in [0.1, 0.15) is 47.0 Å². The largest absolute Gasteiger partial charge is 0.444 e. The maximum Gasteiger partial charge on any atom is 0.407 e. The molecule has 2 aliphatic carbocycles. The molecule has 0 saturated heterocycles. The summed E-state index contributed by atoms with van der Waals surface area (Å²) in [6, 6.07) is 0.963. The molecule has 0 heterocycles. The van der Waals surface area contributed by atoms with Crippen molar-refractivity contribution in [2.45, 2.75) is 82.8 Å². The van der Waals surface area contributed by atoms with E-state index in [2.05, 4.69) is 10.6 Å². The molecule has 6 heteroatoms. The minimum absolute atomic E-state index is 0.0632. The van der Waals surface area contributed by atoms with Crippen LogP contribution in [0, 0.1) is 0 Å². The summed E-state index contributed by atoms with van der Waals surface area (Å²) < 4.78 is 11.0. The molecule has 0 spiro atoms. The van der Waals surface area contributed by atoms with E-state index in [0.29, 0.717) is 18.7 Å². The zero-order valence-corrected chi connectivity index (χ0v) is 13.5. The lowest BCUT2D eigenvalue weighted by Gasteiger charge is -2.48. The van der Waals surface area contributed by atoms with E-state index in [1.165, 1.54) is 0 Å². The third-order valence-electron chi connectivity index (χ3n) is 4.01. The molecule has 21 heavy (non-hydrogen) atoms. The number of ether oxygens (including phenoxy) is 2. The zero-order valence-electron chi connectivity index (χ0n) is 13.5. The van der Waals surface area contributed by atoms with Gasteiger partial charge in [-0.2, -0.15) is 0 Å². The normalized spacial score (nSPS) is 35.6. The van der Waals surface area contributed by atoms with Crippen molar-refractivity contribution in [3.63, 3.8) is 0 Å². The fraction of sp³-hybridized carbons (Fsp3) is 0.933. The highest BCUT2D eigenvalue weighted by molar-refractivity contribution is 5.68. The average Bonchev–Trinajstić information content (AvgIpc) is 2.29. The molecule has 1 amide bonds. The van der Waals surface area contributed by atoms with E-state index in [1.54, 1.807) is 0 Å². The molecule has 2 fully saturated rings. The van der Waals surface area contributed by atoms with Crippen LogP contribution in [0.2, 0.25) is 0 Å². The first kappa shape index (κ1) is 16.5. The van der Waals surface area contributed by atoms with Crippen molar-refractivity contribution < 1.29 is 14.3 Å². The summed E-state index contributed by atoms with van der Waals surface area (Å²) in [4.78, 5) is 11.9. The van der Waals surface area contributed by atoms with Crippen LogP contribution in [-0.2, 0) is 9.47 Å². The molecule has 0 radical (unpaired) electrons. The van der Waals surface area contributed by atoms with Gasteiger partial charge in [0.1, 0.15) is 5.60 Å². The van der Waals surface area contributed by atoms with E-state index < -0.39 is 5.60 Å². The predicted molar refractivity (Wildman–Crippen MR) is 81.1 cm³/mol. The number of carbonyl (C=O) groups is 1. The number of hydrogen-bond acceptors (Lipinski definition) is 5. The van der Waals surface area contributed by atoms with Gasteiger partial charge in [-0.1, -0.05) is 0 Å². The Morgan fingerprint density at radius 3 is 2.48 bits per heavy atom. The first-order chi connectivity index (χ1) is 9.78. The van der Waals surface area contributed by atoms with E-state index in [0.717, 1.165) is 19.3 Å². The van der Waals surface area contributed by atoms with E-state index in [1.807, 2.05) is 27.7 Å². The molecule has 3 unspecified atom stereocenters. The van der Waals surface area contributed by atoms with Crippen molar-refractivity contribution in [3.8, 4) is 0 Å². The van der Waals surface area contributed by atoms with Gasteiger partial charge in [0.25, 0.3) is 0 Å². The van der Waals surface area contributed by atoms with Gasteiger partial charge >= 0.3 is 6.09 Å². The molecule has 0 aromatic heterocycles. The summed E-state index contributed by atoms with van der Waals surface area (Å²) in [6.45, 7) is 8.27. The fourth-order valence-electron chi connectivity index (χ4n) is 2.89. The van der Waals surface area contributed by atoms with Gasteiger partial charge in [0.2, 0.25) is 0 Å². The quantitative estimate of drug-likeness (QED) is 0.709. The van der Waals surface area contributed by atoms with Crippen molar-refractivity contribution in [1.82, 2.24) is 10.6 Å². The standard InChI is InChI=1S/C15H29N3O3/c1-5-20-12-8-11(18-14(19)21-15(2,3)4)13(12)17-10-6-9(16)7-10/h9-13,17H,5-8,16H2,1-4H3,(H,18,19).